The fourth-order valence-corrected chi connectivity index (χ4v) is 2.72. The molecule has 0 spiro atoms. The van der Waals surface area contributed by atoms with Crippen molar-refractivity contribution in [2.75, 3.05) is 19.1 Å². The molecular weight excluding hydrogens is 240 g/mol. The molecule has 5 nitrogen and oxygen atoms in total. The van der Waals surface area contributed by atoms with Crippen LogP contribution in [0.2, 0.25) is 0 Å². The topological polar surface area (TPSA) is 101 Å². The number of hydrogen-bond donors (Lipinski definition) is 5. The van der Waals surface area contributed by atoms with E-state index in [9.17, 15) is 15.3 Å². The zero-order valence-corrected chi connectivity index (χ0v) is 10.3. The Morgan fingerprint density at radius 3 is 1.67 bits per heavy atom. The van der Waals surface area contributed by atoms with Crippen LogP contribution in [0.5, 0.6) is 0 Å². The highest BCUT2D eigenvalue weighted by molar-refractivity contribution is 8.16. The maximum Gasteiger partial charge on any atom is 0.111 e. The standard InChI is InChI=1S/C8H18O5S2/c1-14-8(15-2)7(13)6(12)5(11)4(10)3-9/h4-13H,3H2,1-2H3. The van der Waals surface area contributed by atoms with Gasteiger partial charge in [-0.05, 0) is 12.5 Å². The molecule has 0 saturated carbocycles. The molecule has 0 aliphatic rings. The Morgan fingerprint density at radius 2 is 1.33 bits per heavy atom. The van der Waals surface area contributed by atoms with Gasteiger partial charge in [0, 0.05) is 0 Å². The second-order valence-electron chi connectivity index (χ2n) is 3.06. The van der Waals surface area contributed by atoms with E-state index in [0.717, 1.165) is 0 Å². The summed E-state index contributed by atoms with van der Waals surface area (Å²) in [6.07, 6.45) is -2.09. The molecule has 0 bridgehead atoms. The fourth-order valence-electron chi connectivity index (χ4n) is 1.07. The molecule has 4 atom stereocenters. The summed E-state index contributed by atoms with van der Waals surface area (Å²) in [6, 6.07) is 0. The van der Waals surface area contributed by atoms with Gasteiger partial charge >= 0.3 is 0 Å². The Hall–Kier alpha value is 0.500. The van der Waals surface area contributed by atoms with Gasteiger partial charge in [0.1, 0.15) is 24.4 Å². The molecule has 0 fully saturated rings. The van der Waals surface area contributed by atoms with Crippen LogP contribution in [0.3, 0.4) is 0 Å². The Labute approximate surface area is 97.5 Å². The second-order valence-corrected chi connectivity index (χ2v) is 5.32. The monoisotopic (exact) mass is 258 g/mol. The Morgan fingerprint density at radius 1 is 0.867 bits per heavy atom. The van der Waals surface area contributed by atoms with Crippen LogP contribution in [-0.4, -0.2) is 73.6 Å². The van der Waals surface area contributed by atoms with E-state index in [1.807, 2.05) is 0 Å². The van der Waals surface area contributed by atoms with Crippen LogP contribution in [0.1, 0.15) is 0 Å². The first-order valence-corrected chi connectivity index (χ1v) is 6.95. The molecule has 0 aliphatic carbocycles. The van der Waals surface area contributed by atoms with E-state index in [1.165, 1.54) is 23.5 Å². The largest absolute Gasteiger partial charge is 0.394 e. The van der Waals surface area contributed by atoms with Crippen molar-refractivity contribution in [3.63, 3.8) is 0 Å². The molecule has 0 rings (SSSR count). The van der Waals surface area contributed by atoms with Crippen molar-refractivity contribution in [1.29, 1.82) is 0 Å². The molecule has 0 radical (unpaired) electrons. The quantitative estimate of drug-likeness (QED) is 0.353. The summed E-state index contributed by atoms with van der Waals surface area (Å²) in [5.41, 5.74) is 0. The molecule has 15 heavy (non-hydrogen) atoms. The molecule has 0 amide bonds. The summed E-state index contributed by atoms with van der Waals surface area (Å²) >= 11 is 2.68. The summed E-state index contributed by atoms with van der Waals surface area (Å²) in [4.78, 5) is 0. The molecule has 0 aromatic rings. The predicted octanol–water partition coefficient (Wildman–Crippen LogP) is -1.53. The van der Waals surface area contributed by atoms with Crippen LogP contribution in [0.15, 0.2) is 0 Å². The second kappa shape index (κ2) is 7.72. The van der Waals surface area contributed by atoms with E-state index in [1.54, 1.807) is 12.5 Å². The molecule has 7 heteroatoms. The van der Waals surface area contributed by atoms with Gasteiger partial charge in [-0.15, -0.1) is 23.5 Å². The number of thioether (sulfide) groups is 2. The van der Waals surface area contributed by atoms with Crippen LogP contribution < -0.4 is 0 Å². The van der Waals surface area contributed by atoms with Crippen molar-refractivity contribution < 1.29 is 25.5 Å². The van der Waals surface area contributed by atoms with Gasteiger partial charge in [-0.25, -0.2) is 0 Å². The Bertz CT molecular complexity index is 167. The number of aliphatic hydroxyl groups excluding tert-OH is 5. The summed E-state index contributed by atoms with van der Waals surface area (Å²) in [5, 5.41) is 46.2. The van der Waals surface area contributed by atoms with E-state index in [-0.39, 0.29) is 4.58 Å². The highest BCUT2D eigenvalue weighted by Crippen LogP contribution is 2.25. The first-order chi connectivity index (χ1) is 6.99. The minimum Gasteiger partial charge on any atom is -0.394 e. The molecule has 0 saturated heterocycles. The van der Waals surface area contributed by atoms with Crippen LogP contribution in [-0.2, 0) is 0 Å². The molecule has 5 N–H and O–H groups in total. The molecule has 4 unspecified atom stereocenters. The van der Waals surface area contributed by atoms with Crippen molar-refractivity contribution in [3.05, 3.63) is 0 Å². The molecule has 0 aromatic carbocycles. The van der Waals surface area contributed by atoms with Crippen molar-refractivity contribution in [1.82, 2.24) is 0 Å². The molecule has 92 valence electrons. The molecular formula is C8H18O5S2. The van der Waals surface area contributed by atoms with Crippen molar-refractivity contribution >= 4 is 23.5 Å². The lowest BCUT2D eigenvalue weighted by atomic mass is 10.0. The smallest absolute Gasteiger partial charge is 0.111 e. The maximum absolute atomic E-state index is 9.65. The van der Waals surface area contributed by atoms with Gasteiger partial charge in [0.05, 0.1) is 11.2 Å². The minimum absolute atomic E-state index is 0.291. The first-order valence-electron chi connectivity index (χ1n) is 4.38. The van der Waals surface area contributed by atoms with Gasteiger partial charge in [-0.3, -0.25) is 0 Å². The Kier molecular flexibility index (Phi) is 7.98. The average molecular weight is 258 g/mol. The van der Waals surface area contributed by atoms with E-state index in [0.29, 0.717) is 0 Å². The average Bonchev–Trinajstić information content (AvgIpc) is 2.27. The van der Waals surface area contributed by atoms with E-state index in [4.69, 9.17) is 10.2 Å². The lowest BCUT2D eigenvalue weighted by Crippen LogP contribution is -2.48. The third-order valence-electron chi connectivity index (χ3n) is 2.02. The Balaban J connectivity index is 4.34. The first kappa shape index (κ1) is 15.5. The van der Waals surface area contributed by atoms with Crippen molar-refractivity contribution in [3.8, 4) is 0 Å². The fraction of sp³-hybridized carbons (Fsp3) is 1.00. The summed E-state index contributed by atoms with van der Waals surface area (Å²) < 4.78 is -0.291. The summed E-state index contributed by atoms with van der Waals surface area (Å²) in [7, 11) is 0. The third-order valence-corrected chi connectivity index (χ3v) is 4.67. The number of aliphatic hydroxyl groups is 5. The minimum atomic E-state index is -1.55. The maximum atomic E-state index is 9.65. The summed E-state index contributed by atoms with van der Waals surface area (Å²) in [5.74, 6) is 0. The molecule has 0 heterocycles. The lowest BCUT2D eigenvalue weighted by molar-refractivity contribution is -0.111. The normalized spacial score (nSPS) is 20.0. The highest BCUT2D eigenvalue weighted by Gasteiger charge is 2.34. The number of rotatable bonds is 7. The zero-order valence-electron chi connectivity index (χ0n) is 8.65. The lowest BCUT2D eigenvalue weighted by Gasteiger charge is -2.29. The van der Waals surface area contributed by atoms with Crippen LogP contribution in [0.25, 0.3) is 0 Å². The van der Waals surface area contributed by atoms with E-state index in [2.05, 4.69) is 0 Å². The van der Waals surface area contributed by atoms with E-state index >= 15 is 0 Å². The van der Waals surface area contributed by atoms with E-state index < -0.39 is 31.0 Å². The van der Waals surface area contributed by atoms with Gasteiger partial charge in [0.15, 0.2) is 0 Å². The van der Waals surface area contributed by atoms with Gasteiger partial charge < -0.3 is 25.5 Å². The predicted molar refractivity (Wildman–Crippen MR) is 61.9 cm³/mol. The highest BCUT2D eigenvalue weighted by atomic mass is 32.2. The third kappa shape index (κ3) is 4.48. The van der Waals surface area contributed by atoms with Crippen molar-refractivity contribution in [2.45, 2.75) is 29.0 Å². The SMILES string of the molecule is CSC(SC)C(O)C(O)C(O)C(O)CO. The number of hydrogen-bond acceptors (Lipinski definition) is 7. The van der Waals surface area contributed by atoms with Crippen LogP contribution >= 0.6 is 23.5 Å². The van der Waals surface area contributed by atoms with Gasteiger partial charge in [0.25, 0.3) is 0 Å². The van der Waals surface area contributed by atoms with Crippen LogP contribution in [0.4, 0.5) is 0 Å². The van der Waals surface area contributed by atoms with Crippen LogP contribution in [0, 0.1) is 0 Å². The molecule has 0 aromatic heterocycles. The van der Waals surface area contributed by atoms with Gasteiger partial charge in [-0.2, -0.15) is 0 Å². The zero-order chi connectivity index (χ0) is 12.0. The summed E-state index contributed by atoms with van der Waals surface area (Å²) in [6.45, 7) is -0.659. The van der Waals surface area contributed by atoms with Gasteiger partial charge in [0.2, 0.25) is 0 Å². The van der Waals surface area contributed by atoms with Crippen molar-refractivity contribution in [2.24, 2.45) is 0 Å². The van der Waals surface area contributed by atoms with Gasteiger partial charge in [-0.1, -0.05) is 0 Å². The molecule has 0 aliphatic heterocycles.